The fourth-order valence-electron chi connectivity index (χ4n) is 2.12. The monoisotopic (exact) mass is 330 g/mol. The highest BCUT2D eigenvalue weighted by atomic mass is 35.5. The molecule has 5 nitrogen and oxygen atoms in total. The third-order valence-corrected chi connectivity index (χ3v) is 3.36. The highest BCUT2D eigenvalue weighted by Gasteiger charge is 2.13. The highest BCUT2D eigenvalue weighted by molar-refractivity contribution is 5.85. The maximum Gasteiger partial charge on any atom is 0.222 e. The number of benzene rings is 1. The van der Waals surface area contributed by atoms with E-state index in [-0.39, 0.29) is 18.3 Å². The molecule has 0 bridgehead atoms. The molecule has 0 aromatic heterocycles. The number of carbonyl (C=O) groups is 1. The molecule has 0 aliphatic rings. The summed E-state index contributed by atoms with van der Waals surface area (Å²) in [7, 11) is 3.31. The molecule has 2 N–H and O–H groups in total. The van der Waals surface area contributed by atoms with Crippen LogP contribution in [0.3, 0.4) is 0 Å². The Kier molecular flexibility index (Phi) is 11.5. The molecule has 0 heterocycles. The summed E-state index contributed by atoms with van der Waals surface area (Å²) in [5, 5.41) is 0. The van der Waals surface area contributed by atoms with Gasteiger partial charge in [0.15, 0.2) is 0 Å². The predicted molar refractivity (Wildman–Crippen MR) is 91.4 cm³/mol. The van der Waals surface area contributed by atoms with Crippen LogP contribution >= 0.6 is 12.4 Å². The Bertz CT molecular complexity index is 430. The van der Waals surface area contributed by atoms with E-state index < -0.39 is 0 Å². The minimum absolute atomic E-state index is 0. The summed E-state index contributed by atoms with van der Waals surface area (Å²) >= 11 is 0. The van der Waals surface area contributed by atoms with E-state index in [2.05, 4.69) is 0 Å². The van der Waals surface area contributed by atoms with E-state index in [9.17, 15) is 4.79 Å². The van der Waals surface area contributed by atoms with Crippen LogP contribution in [0.4, 0.5) is 5.69 Å². The number of nitrogens with zero attached hydrogens (tertiary/aromatic N) is 1. The number of hydrogen-bond donors (Lipinski definition) is 1. The number of methoxy groups -OCH3 is 2. The fourth-order valence-corrected chi connectivity index (χ4v) is 2.12. The maximum atomic E-state index is 12.3. The second-order valence-electron chi connectivity index (χ2n) is 4.92. The summed E-state index contributed by atoms with van der Waals surface area (Å²) in [6, 6.07) is 7.67. The number of para-hydroxylation sites is 1. The lowest BCUT2D eigenvalue weighted by atomic mass is 10.1. The molecule has 0 unspecified atom stereocenters. The SMILES string of the molecule is COCCCN(CCOC)C(=O)CCc1ccccc1N.Cl. The van der Waals surface area contributed by atoms with E-state index in [4.69, 9.17) is 15.2 Å². The average Bonchev–Trinajstić information content (AvgIpc) is 2.49. The predicted octanol–water partition coefficient (Wildman–Crippen LogP) is 2.13. The Hall–Kier alpha value is -1.30. The number of nitrogens with two attached hydrogens (primary N) is 1. The zero-order chi connectivity index (χ0) is 15.5. The lowest BCUT2D eigenvalue weighted by molar-refractivity contribution is -0.132. The quantitative estimate of drug-likeness (QED) is 0.527. The van der Waals surface area contributed by atoms with Crippen LogP contribution in [0.25, 0.3) is 0 Å². The van der Waals surface area contributed by atoms with Gasteiger partial charge in [-0.3, -0.25) is 4.79 Å². The van der Waals surface area contributed by atoms with Crippen molar-refractivity contribution in [2.45, 2.75) is 19.3 Å². The number of carbonyl (C=O) groups excluding carboxylic acids is 1. The first-order chi connectivity index (χ1) is 10.2. The summed E-state index contributed by atoms with van der Waals surface area (Å²) in [5.74, 6) is 0.131. The van der Waals surface area contributed by atoms with Gasteiger partial charge in [-0.15, -0.1) is 12.4 Å². The summed E-state index contributed by atoms with van der Waals surface area (Å²) < 4.78 is 10.1. The van der Waals surface area contributed by atoms with E-state index in [0.29, 0.717) is 39.1 Å². The van der Waals surface area contributed by atoms with Gasteiger partial charge in [-0.2, -0.15) is 0 Å². The van der Waals surface area contributed by atoms with Gasteiger partial charge in [0.05, 0.1) is 6.61 Å². The smallest absolute Gasteiger partial charge is 0.222 e. The summed E-state index contributed by atoms with van der Waals surface area (Å²) in [6.07, 6.45) is 1.96. The molecule has 0 spiro atoms. The summed E-state index contributed by atoms with van der Waals surface area (Å²) in [5.41, 5.74) is 7.67. The third kappa shape index (κ3) is 7.64. The van der Waals surface area contributed by atoms with Crippen molar-refractivity contribution in [2.75, 3.05) is 46.3 Å². The van der Waals surface area contributed by atoms with Crippen molar-refractivity contribution in [3.05, 3.63) is 29.8 Å². The highest BCUT2D eigenvalue weighted by Crippen LogP contribution is 2.13. The van der Waals surface area contributed by atoms with Crippen molar-refractivity contribution < 1.29 is 14.3 Å². The number of anilines is 1. The van der Waals surface area contributed by atoms with E-state index in [1.807, 2.05) is 29.2 Å². The Labute approximate surface area is 139 Å². The van der Waals surface area contributed by atoms with E-state index in [0.717, 1.165) is 17.7 Å². The van der Waals surface area contributed by atoms with Crippen molar-refractivity contribution in [2.24, 2.45) is 0 Å². The van der Waals surface area contributed by atoms with Gasteiger partial charge in [-0.1, -0.05) is 18.2 Å². The molecular weight excluding hydrogens is 304 g/mol. The minimum atomic E-state index is 0. The van der Waals surface area contributed by atoms with Crippen LogP contribution < -0.4 is 5.73 Å². The molecule has 0 fully saturated rings. The lowest BCUT2D eigenvalue weighted by Gasteiger charge is -2.22. The van der Waals surface area contributed by atoms with Crippen LogP contribution in [0.1, 0.15) is 18.4 Å². The van der Waals surface area contributed by atoms with Gasteiger partial charge in [0.25, 0.3) is 0 Å². The Morgan fingerprint density at radius 2 is 1.82 bits per heavy atom. The molecule has 0 saturated heterocycles. The summed E-state index contributed by atoms with van der Waals surface area (Å²) in [4.78, 5) is 14.2. The molecule has 126 valence electrons. The number of amides is 1. The number of hydrogen-bond acceptors (Lipinski definition) is 4. The van der Waals surface area contributed by atoms with Crippen LogP contribution in [-0.2, 0) is 20.7 Å². The standard InChI is InChI=1S/C16H26N2O3.ClH/c1-20-12-5-10-18(11-13-21-2)16(19)9-8-14-6-3-4-7-15(14)17;/h3-4,6-7H,5,8-13,17H2,1-2H3;1H. The van der Waals surface area contributed by atoms with E-state index in [1.54, 1.807) is 14.2 Å². The van der Waals surface area contributed by atoms with Crippen molar-refractivity contribution >= 4 is 24.0 Å². The Morgan fingerprint density at radius 3 is 2.45 bits per heavy atom. The van der Waals surface area contributed by atoms with Crippen LogP contribution in [0.2, 0.25) is 0 Å². The van der Waals surface area contributed by atoms with E-state index in [1.165, 1.54) is 0 Å². The van der Waals surface area contributed by atoms with E-state index >= 15 is 0 Å². The van der Waals surface area contributed by atoms with Gasteiger partial charge < -0.3 is 20.1 Å². The zero-order valence-corrected chi connectivity index (χ0v) is 14.2. The van der Waals surface area contributed by atoms with Crippen LogP contribution in [0.5, 0.6) is 0 Å². The van der Waals surface area contributed by atoms with Crippen LogP contribution in [0, 0.1) is 0 Å². The second kappa shape index (κ2) is 12.3. The number of nitrogen functional groups attached to an aromatic ring is 1. The first-order valence-corrected chi connectivity index (χ1v) is 7.28. The molecule has 1 rings (SSSR count). The van der Waals surface area contributed by atoms with Crippen molar-refractivity contribution in [3.63, 3.8) is 0 Å². The molecule has 0 saturated carbocycles. The molecule has 22 heavy (non-hydrogen) atoms. The molecule has 0 aliphatic carbocycles. The Morgan fingerprint density at radius 1 is 1.14 bits per heavy atom. The molecule has 1 aromatic rings. The molecule has 1 amide bonds. The number of aryl methyl sites for hydroxylation is 1. The second-order valence-corrected chi connectivity index (χ2v) is 4.92. The zero-order valence-electron chi connectivity index (χ0n) is 13.4. The molecule has 6 heteroatoms. The molecule has 1 aromatic carbocycles. The van der Waals surface area contributed by atoms with Gasteiger partial charge >= 0.3 is 0 Å². The molecule has 0 aliphatic heterocycles. The lowest BCUT2D eigenvalue weighted by Crippen LogP contribution is -2.35. The normalized spacial score (nSPS) is 10.1. The van der Waals surface area contributed by atoms with Crippen molar-refractivity contribution in [1.82, 2.24) is 4.90 Å². The molecular formula is C16H27ClN2O3. The van der Waals surface area contributed by atoms with Gasteiger partial charge in [0, 0.05) is 46.0 Å². The third-order valence-electron chi connectivity index (χ3n) is 3.36. The minimum Gasteiger partial charge on any atom is -0.399 e. The molecule has 0 atom stereocenters. The van der Waals surface area contributed by atoms with Crippen molar-refractivity contribution in [3.8, 4) is 0 Å². The summed E-state index contributed by atoms with van der Waals surface area (Å²) in [6.45, 7) is 2.51. The number of halogens is 1. The largest absolute Gasteiger partial charge is 0.399 e. The first kappa shape index (κ1) is 20.7. The first-order valence-electron chi connectivity index (χ1n) is 7.28. The van der Waals surface area contributed by atoms with Gasteiger partial charge in [0.1, 0.15) is 0 Å². The topological polar surface area (TPSA) is 64.8 Å². The number of rotatable bonds is 10. The van der Waals surface area contributed by atoms with Gasteiger partial charge in [0.2, 0.25) is 5.91 Å². The van der Waals surface area contributed by atoms with Crippen molar-refractivity contribution in [1.29, 1.82) is 0 Å². The van der Waals surface area contributed by atoms with Crippen LogP contribution in [0.15, 0.2) is 24.3 Å². The van der Waals surface area contributed by atoms with Crippen LogP contribution in [-0.4, -0.2) is 51.3 Å². The van der Waals surface area contributed by atoms with Gasteiger partial charge in [-0.25, -0.2) is 0 Å². The van der Waals surface area contributed by atoms with Gasteiger partial charge in [-0.05, 0) is 24.5 Å². The fraction of sp³-hybridized carbons (Fsp3) is 0.562. The maximum absolute atomic E-state index is 12.3. The average molecular weight is 331 g/mol. The Balaban J connectivity index is 0.00000441. The number of ether oxygens (including phenoxy) is 2. The molecule has 0 radical (unpaired) electrons.